The van der Waals surface area contributed by atoms with Crippen LogP contribution in [0.5, 0.6) is 0 Å². The highest BCUT2D eigenvalue weighted by molar-refractivity contribution is 5.98. The summed E-state index contributed by atoms with van der Waals surface area (Å²) in [5.41, 5.74) is 0.653. The van der Waals surface area contributed by atoms with Gasteiger partial charge in [-0.2, -0.15) is 0 Å². The lowest BCUT2D eigenvalue weighted by Crippen LogP contribution is -2.30. The van der Waals surface area contributed by atoms with Gasteiger partial charge in [0.05, 0.1) is 0 Å². The first-order chi connectivity index (χ1) is 8.49. The summed E-state index contributed by atoms with van der Waals surface area (Å²) in [6.07, 6.45) is -5.62. The lowest BCUT2D eigenvalue weighted by atomic mass is 10.1. The molecule has 2 N–H and O–H groups in total. The zero-order valence-electron chi connectivity index (χ0n) is 9.14. The van der Waals surface area contributed by atoms with Gasteiger partial charge in [-0.3, -0.25) is 10.1 Å². The van der Waals surface area contributed by atoms with Crippen molar-refractivity contribution in [2.24, 2.45) is 0 Å². The maximum atomic E-state index is 13.5. The highest BCUT2D eigenvalue weighted by atomic mass is 19.3. The summed E-state index contributed by atoms with van der Waals surface area (Å²) >= 11 is 0. The van der Waals surface area contributed by atoms with E-state index in [0.717, 1.165) is 6.07 Å². The predicted octanol–water partition coefficient (Wildman–Crippen LogP) is 1.72. The zero-order chi connectivity index (χ0) is 13.3. The molecule has 1 amide bonds. The second-order valence-corrected chi connectivity index (χ2v) is 3.90. The van der Waals surface area contributed by atoms with Crippen molar-refractivity contribution in [3.8, 4) is 0 Å². The number of rotatable bonds is 4. The molecule has 18 heavy (non-hydrogen) atoms. The van der Waals surface area contributed by atoms with Gasteiger partial charge in [0.2, 0.25) is 6.30 Å². The second kappa shape index (κ2) is 4.93. The lowest BCUT2D eigenvalue weighted by molar-refractivity contribution is 0.0298. The summed E-state index contributed by atoms with van der Waals surface area (Å²) in [5.74, 6) is -1.02. The Morgan fingerprint density at radius 3 is 2.72 bits per heavy atom. The maximum Gasteiger partial charge on any atom is 0.282 e. The average Bonchev–Trinajstić information content (AvgIpc) is 2.68. The van der Waals surface area contributed by atoms with E-state index in [4.69, 9.17) is 0 Å². The van der Waals surface area contributed by atoms with Crippen LogP contribution >= 0.6 is 0 Å². The van der Waals surface area contributed by atoms with Gasteiger partial charge in [-0.25, -0.2) is 17.6 Å². The van der Waals surface area contributed by atoms with Gasteiger partial charge in [0.25, 0.3) is 12.3 Å². The molecule has 2 rings (SSSR count). The number of carbonyl (C=O) groups is 1. The Bertz CT molecular complexity index is 478. The van der Waals surface area contributed by atoms with Gasteiger partial charge in [0.15, 0.2) is 0 Å². The minimum atomic E-state index is -3.15. The molecule has 0 aromatic heterocycles. The second-order valence-electron chi connectivity index (χ2n) is 3.90. The number of amides is 1. The van der Waals surface area contributed by atoms with E-state index in [2.05, 4.69) is 5.32 Å². The Morgan fingerprint density at radius 2 is 2.06 bits per heavy atom. The Hall–Kier alpha value is -1.63. The Balaban J connectivity index is 2.13. The molecule has 1 aromatic rings. The van der Waals surface area contributed by atoms with Crippen molar-refractivity contribution >= 4 is 5.91 Å². The van der Waals surface area contributed by atoms with E-state index in [9.17, 15) is 22.4 Å². The Morgan fingerprint density at radius 1 is 1.33 bits per heavy atom. The van der Waals surface area contributed by atoms with E-state index in [1.54, 1.807) is 0 Å². The molecule has 1 heterocycles. The van der Waals surface area contributed by atoms with Crippen LogP contribution in [-0.2, 0) is 13.1 Å². The van der Waals surface area contributed by atoms with Gasteiger partial charge in [0.1, 0.15) is 5.82 Å². The van der Waals surface area contributed by atoms with Crippen molar-refractivity contribution in [1.29, 1.82) is 0 Å². The number of hydrogen-bond acceptors (Lipinski definition) is 2. The van der Waals surface area contributed by atoms with E-state index in [1.807, 2.05) is 5.32 Å². The molecule has 0 bridgehead atoms. The van der Waals surface area contributed by atoms with Crippen molar-refractivity contribution in [1.82, 2.24) is 10.6 Å². The van der Waals surface area contributed by atoms with Gasteiger partial charge in [0, 0.05) is 24.2 Å². The summed E-state index contributed by atoms with van der Waals surface area (Å²) in [6, 6.07) is 2.47. The van der Waals surface area contributed by atoms with Crippen LogP contribution in [0.15, 0.2) is 12.1 Å². The molecular weight excluding hydrogens is 252 g/mol. The smallest absolute Gasteiger partial charge is 0.282 e. The molecule has 0 saturated heterocycles. The van der Waals surface area contributed by atoms with E-state index in [1.165, 1.54) is 6.07 Å². The minimum absolute atomic E-state index is 0.108. The monoisotopic (exact) mass is 262 g/mol. The van der Waals surface area contributed by atoms with Crippen LogP contribution in [-0.4, -0.2) is 18.6 Å². The molecule has 1 unspecified atom stereocenters. The SMILES string of the molecule is O=C1NCc2c(F)cc(CNC(F)C(F)F)cc21. The van der Waals surface area contributed by atoms with Crippen LogP contribution in [0.25, 0.3) is 0 Å². The number of alkyl halides is 3. The van der Waals surface area contributed by atoms with E-state index in [0.29, 0.717) is 0 Å². The molecule has 0 fully saturated rings. The van der Waals surface area contributed by atoms with Crippen molar-refractivity contribution in [2.45, 2.75) is 25.8 Å². The molecule has 3 nitrogen and oxygen atoms in total. The third-order valence-corrected chi connectivity index (χ3v) is 2.65. The van der Waals surface area contributed by atoms with Gasteiger partial charge in [-0.05, 0) is 17.7 Å². The highest BCUT2D eigenvalue weighted by Gasteiger charge is 2.24. The standard InChI is InChI=1S/C11H10F4N2O/c12-8-2-5(3-16-10(15)9(13)14)1-6-7(8)4-17-11(6)18/h1-2,9-10,16H,3-4H2,(H,17,18). The number of nitrogens with one attached hydrogen (secondary N) is 2. The van der Waals surface area contributed by atoms with Crippen LogP contribution in [0.4, 0.5) is 17.6 Å². The van der Waals surface area contributed by atoms with E-state index in [-0.39, 0.29) is 29.8 Å². The fourth-order valence-corrected chi connectivity index (χ4v) is 1.75. The number of benzene rings is 1. The first-order valence-electron chi connectivity index (χ1n) is 5.24. The highest BCUT2D eigenvalue weighted by Crippen LogP contribution is 2.21. The van der Waals surface area contributed by atoms with Gasteiger partial charge in [-0.1, -0.05) is 0 Å². The molecule has 0 saturated carbocycles. The molecule has 0 radical (unpaired) electrons. The van der Waals surface area contributed by atoms with E-state index < -0.39 is 24.4 Å². The summed E-state index contributed by atoms with van der Waals surface area (Å²) in [4.78, 5) is 11.3. The summed E-state index contributed by atoms with van der Waals surface area (Å²) in [5, 5.41) is 4.36. The summed E-state index contributed by atoms with van der Waals surface area (Å²) in [7, 11) is 0. The Kier molecular flexibility index (Phi) is 3.51. The summed E-state index contributed by atoms with van der Waals surface area (Å²) in [6.45, 7) is -0.167. The third-order valence-electron chi connectivity index (χ3n) is 2.65. The first-order valence-corrected chi connectivity index (χ1v) is 5.24. The van der Waals surface area contributed by atoms with Crippen LogP contribution < -0.4 is 10.6 Å². The first kappa shape index (κ1) is 12.8. The van der Waals surface area contributed by atoms with Crippen molar-refractivity contribution in [2.75, 3.05) is 0 Å². The molecular formula is C11H10F4N2O. The minimum Gasteiger partial charge on any atom is -0.348 e. The largest absolute Gasteiger partial charge is 0.348 e. The molecule has 1 atom stereocenters. The van der Waals surface area contributed by atoms with Gasteiger partial charge < -0.3 is 5.32 Å². The molecule has 1 aliphatic heterocycles. The molecule has 1 aliphatic rings. The van der Waals surface area contributed by atoms with Crippen LogP contribution in [0.3, 0.4) is 0 Å². The predicted molar refractivity (Wildman–Crippen MR) is 55.3 cm³/mol. The Labute approximate surface area is 100 Å². The molecule has 1 aromatic carbocycles. The maximum absolute atomic E-state index is 13.5. The normalized spacial score (nSPS) is 15.7. The third kappa shape index (κ3) is 2.45. The van der Waals surface area contributed by atoms with Crippen LogP contribution in [0, 0.1) is 5.82 Å². The average molecular weight is 262 g/mol. The zero-order valence-corrected chi connectivity index (χ0v) is 9.14. The van der Waals surface area contributed by atoms with Crippen LogP contribution in [0.1, 0.15) is 21.5 Å². The van der Waals surface area contributed by atoms with Crippen LogP contribution in [0.2, 0.25) is 0 Å². The van der Waals surface area contributed by atoms with Crippen molar-refractivity contribution in [3.05, 3.63) is 34.6 Å². The van der Waals surface area contributed by atoms with Crippen molar-refractivity contribution < 1.29 is 22.4 Å². The van der Waals surface area contributed by atoms with Gasteiger partial charge in [-0.15, -0.1) is 0 Å². The molecule has 0 spiro atoms. The topological polar surface area (TPSA) is 41.1 Å². The quantitative estimate of drug-likeness (QED) is 0.640. The van der Waals surface area contributed by atoms with E-state index >= 15 is 0 Å². The van der Waals surface area contributed by atoms with Crippen molar-refractivity contribution in [3.63, 3.8) is 0 Å². The number of hydrogen-bond donors (Lipinski definition) is 2. The fourth-order valence-electron chi connectivity index (χ4n) is 1.75. The lowest BCUT2D eigenvalue weighted by Gasteiger charge is -2.10. The molecule has 0 aliphatic carbocycles. The number of carbonyl (C=O) groups excluding carboxylic acids is 1. The number of fused-ring (bicyclic) bond motifs is 1. The number of halogens is 4. The summed E-state index contributed by atoms with van der Waals surface area (Å²) < 4.78 is 50.0. The molecule has 7 heteroatoms. The fraction of sp³-hybridized carbons (Fsp3) is 0.364. The van der Waals surface area contributed by atoms with Gasteiger partial charge >= 0.3 is 0 Å². The molecule has 98 valence electrons.